The van der Waals surface area contributed by atoms with Crippen molar-refractivity contribution in [2.45, 2.75) is 102 Å². The van der Waals surface area contributed by atoms with Crippen LogP contribution in [0, 0.1) is 28.6 Å². The quantitative estimate of drug-likeness (QED) is 0.497. The molecule has 4 fully saturated rings. The Hall–Kier alpha value is -1.32. The van der Waals surface area contributed by atoms with Gasteiger partial charge in [0.25, 0.3) is 0 Å². The highest BCUT2D eigenvalue weighted by Gasteiger charge is 2.60. The van der Waals surface area contributed by atoms with E-state index in [0.29, 0.717) is 24.2 Å². The molecular weight excluding hydrogens is 428 g/mol. The van der Waals surface area contributed by atoms with E-state index in [0.717, 1.165) is 44.9 Å². The number of carbonyl (C=O) groups is 2. The number of hydrogen-bond donors (Lipinski definition) is 4. The lowest BCUT2D eigenvalue weighted by Gasteiger charge is -2.58. The smallest absolute Gasteiger partial charge is 0.335 e. The van der Waals surface area contributed by atoms with Crippen molar-refractivity contribution in [1.82, 2.24) is 0 Å². The van der Waals surface area contributed by atoms with Crippen LogP contribution in [0.1, 0.15) is 65.2 Å². The number of carboxylic acid groups (broad SMARTS) is 1. The third kappa shape index (κ3) is 3.52. The fraction of sp³-hybridized carbons (Fsp3) is 0.840. The fourth-order valence-corrected chi connectivity index (χ4v) is 8.06. The van der Waals surface area contributed by atoms with Gasteiger partial charge in [0.2, 0.25) is 0 Å². The first kappa shape index (κ1) is 23.4. The van der Waals surface area contributed by atoms with E-state index in [1.807, 2.05) is 6.08 Å². The lowest BCUT2D eigenvalue weighted by molar-refractivity contribution is -0.312. The van der Waals surface area contributed by atoms with Gasteiger partial charge < -0.3 is 29.9 Å². The van der Waals surface area contributed by atoms with Gasteiger partial charge in [-0.15, -0.1) is 0 Å². The molecule has 1 aliphatic heterocycles. The van der Waals surface area contributed by atoms with Crippen molar-refractivity contribution >= 4 is 11.8 Å². The zero-order valence-electron chi connectivity index (χ0n) is 19.4. The number of allylic oxidation sites excluding steroid dienone is 1. The Morgan fingerprint density at radius 1 is 1.00 bits per heavy atom. The minimum atomic E-state index is -1.72. The summed E-state index contributed by atoms with van der Waals surface area (Å²) in [7, 11) is 0. The second-order valence-electron chi connectivity index (χ2n) is 11.5. The minimum Gasteiger partial charge on any atom is -0.479 e. The molecule has 33 heavy (non-hydrogen) atoms. The highest BCUT2D eigenvalue weighted by molar-refractivity contribution is 5.91. The lowest BCUT2D eigenvalue weighted by atomic mass is 9.47. The zero-order chi connectivity index (χ0) is 23.7. The summed E-state index contributed by atoms with van der Waals surface area (Å²) >= 11 is 0. The highest BCUT2D eigenvalue weighted by atomic mass is 16.7. The van der Waals surface area contributed by atoms with E-state index in [-0.39, 0.29) is 22.7 Å². The van der Waals surface area contributed by atoms with E-state index >= 15 is 0 Å². The molecule has 0 aromatic carbocycles. The predicted molar refractivity (Wildman–Crippen MR) is 116 cm³/mol. The number of ketones is 1. The van der Waals surface area contributed by atoms with Gasteiger partial charge in [0, 0.05) is 6.42 Å². The van der Waals surface area contributed by atoms with Gasteiger partial charge in [-0.1, -0.05) is 19.4 Å². The van der Waals surface area contributed by atoms with Crippen LogP contribution in [0.25, 0.3) is 0 Å². The van der Waals surface area contributed by atoms with Gasteiger partial charge in [-0.25, -0.2) is 4.79 Å². The summed E-state index contributed by atoms with van der Waals surface area (Å²) in [6.45, 7) is 4.58. The molecule has 4 unspecified atom stereocenters. The maximum absolute atomic E-state index is 12.0. The average molecular weight is 465 g/mol. The molecule has 0 radical (unpaired) electrons. The molecule has 8 nitrogen and oxygen atoms in total. The van der Waals surface area contributed by atoms with Gasteiger partial charge in [0.05, 0.1) is 6.10 Å². The molecule has 0 spiro atoms. The van der Waals surface area contributed by atoms with Crippen LogP contribution < -0.4 is 0 Å². The van der Waals surface area contributed by atoms with E-state index in [9.17, 15) is 30.0 Å². The zero-order valence-corrected chi connectivity index (χ0v) is 19.4. The molecule has 5 rings (SSSR count). The molecule has 1 saturated heterocycles. The fourth-order valence-electron chi connectivity index (χ4n) is 8.06. The summed E-state index contributed by atoms with van der Waals surface area (Å²) in [4.78, 5) is 23.5. The van der Waals surface area contributed by atoms with Crippen molar-refractivity contribution < 1.29 is 39.5 Å². The molecular formula is C25H36O8. The van der Waals surface area contributed by atoms with E-state index in [4.69, 9.17) is 9.47 Å². The lowest BCUT2D eigenvalue weighted by Crippen LogP contribution is -2.61. The average Bonchev–Trinajstić information content (AvgIpc) is 3.10. The van der Waals surface area contributed by atoms with Crippen LogP contribution >= 0.6 is 0 Å². The molecule has 5 aliphatic rings. The predicted octanol–water partition coefficient (Wildman–Crippen LogP) is 1.80. The third-order valence-corrected chi connectivity index (χ3v) is 9.99. The molecule has 184 valence electrons. The van der Waals surface area contributed by atoms with Gasteiger partial charge in [-0.3, -0.25) is 4.79 Å². The summed E-state index contributed by atoms with van der Waals surface area (Å²) < 4.78 is 11.6. The minimum absolute atomic E-state index is 0.0920. The van der Waals surface area contributed by atoms with E-state index in [1.54, 1.807) is 0 Å². The van der Waals surface area contributed by atoms with Crippen LogP contribution in [0.4, 0.5) is 0 Å². The Morgan fingerprint density at radius 2 is 1.76 bits per heavy atom. The van der Waals surface area contributed by atoms with Gasteiger partial charge in [0.15, 0.2) is 18.2 Å². The molecule has 1 heterocycles. The Bertz CT molecular complexity index is 855. The van der Waals surface area contributed by atoms with Gasteiger partial charge >= 0.3 is 5.97 Å². The largest absolute Gasteiger partial charge is 0.479 e. The van der Waals surface area contributed by atoms with Gasteiger partial charge in [-0.05, 0) is 79.6 Å². The third-order valence-electron chi connectivity index (χ3n) is 9.99. The van der Waals surface area contributed by atoms with E-state index in [1.165, 1.54) is 5.57 Å². The number of aliphatic hydroxyl groups is 3. The highest BCUT2D eigenvalue weighted by Crippen LogP contribution is 2.65. The maximum atomic E-state index is 12.0. The summed E-state index contributed by atoms with van der Waals surface area (Å²) in [5.41, 5.74) is 1.29. The number of hydrogen-bond acceptors (Lipinski definition) is 7. The van der Waals surface area contributed by atoms with Crippen LogP contribution in [0.15, 0.2) is 11.6 Å². The molecule has 4 aliphatic carbocycles. The number of rotatable bonds is 3. The van der Waals surface area contributed by atoms with Crippen molar-refractivity contribution in [3.8, 4) is 0 Å². The van der Waals surface area contributed by atoms with Crippen molar-refractivity contribution in [2.75, 3.05) is 0 Å². The Kier molecular flexibility index (Phi) is 5.77. The van der Waals surface area contributed by atoms with Crippen LogP contribution in [-0.2, 0) is 19.1 Å². The number of carbonyl (C=O) groups excluding carboxylic acids is 1. The summed E-state index contributed by atoms with van der Waals surface area (Å²) in [5, 5.41) is 39.9. The molecule has 8 heteroatoms. The molecule has 0 aromatic rings. The molecule has 0 amide bonds. The number of aliphatic hydroxyl groups excluding tert-OH is 3. The van der Waals surface area contributed by atoms with Crippen LogP contribution in [0.3, 0.4) is 0 Å². The number of ether oxygens (including phenoxy) is 2. The normalized spacial score (nSPS) is 51.8. The summed E-state index contributed by atoms with van der Waals surface area (Å²) in [6, 6.07) is 0. The first-order valence-electron chi connectivity index (χ1n) is 12.4. The van der Waals surface area contributed by atoms with Crippen LogP contribution in [0.5, 0.6) is 0 Å². The molecule has 3 saturated carbocycles. The molecule has 0 bridgehead atoms. The number of fused-ring (bicyclic) bond motifs is 5. The molecule has 0 aromatic heterocycles. The van der Waals surface area contributed by atoms with E-state index in [2.05, 4.69) is 13.8 Å². The van der Waals surface area contributed by atoms with Crippen LogP contribution in [0.2, 0.25) is 0 Å². The number of aliphatic carboxylic acids is 1. The van der Waals surface area contributed by atoms with Crippen molar-refractivity contribution in [2.24, 2.45) is 28.6 Å². The first-order chi connectivity index (χ1) is 15.6. The van der Waals surface area contributed by atoms with Gasteiger partial charge in [-0.2, -0.15) is 0 Å². The maximum Gasteiger partial charge on any atom is 0.335 e. The Balaban J connectivity index is 1.34. The summed E-state index contributed by atoms with van der Waals surface area (Å²) in [6.07, 6.45) is 1.24. The Labute approximate surface area is 194 Å². The van der Waals surface area contributed by atoms with Gasteiger partial charge in [0.1, 0.15) is 18.3 Å². The summed E-state index contributed by atoms with van der Waals surface area (Å²) in [5.74, 6) is 0.400. The second-order valence-corrected chi connectivity index (χ2v) is 11.5. The van der Waals surface area contributed by atoms with E-state index < -0.39 is 36.7 Å². The molecule has 11 atom stereocenters. The standard InChI is InChI=1S/C25H36O8/c1-24-9-7-13(26)11-12(24)3-4-14-15-5-6-17(25(15,2)10-8-16(14)24)32-23-20(29)18(27)19(28)21(33-23)22(30)31/h11,14-21,23,27-29H,3-10H2,1-2H3,(H,30,31)/t14?,15?,16?,17-,18+,19+,20-,21+,23?,24+,25+/m1/s1. The van der Waals surface area contributed by atoms with Crippen molar-refractivity contribution in [3.05, 3.63) is 11.6 Å². The SMILES string of the molecule is C[C@]12CCC(=O)C=C1CCC1C2CC[C@@]2(C)C1CC[C@H]2OC1O[C@H](C(=O)O)[C@@H](O)[C@H](O)[C@H]1O. The van der Waals surface area contributed by atoms with Crippen molar-refractivity contribution in [3.63, 3.8) is 0 Å². The Morgan fingerprint density at radius 3 is 2.48 bits per heavy atom. The molecule has 4 N–H and O–H groups in total. The number of carboxylic acids is 1. The van der Waals surface area contributed by atoms with Crippen LogP contribution in [-0.4, -0.2) is 69.0 Å². The first-order valence-corrected chi connectivity index (χ1v) is 12.4. The monoisotopic (exact) mass is 464 g/mol. The van der Waals surface area contributed by atoms with Crippen molar-refractivity contribution in [1.29, 1.82) is 0 Å². The second kappa shape index (κ2) is 8.12. The topological polar surface area (TPSA) is 134 Å².